The zero-order valence-corrected chi connectivity index (χ0v) is 17.1. The van der Waals surface area contributed by atoms with E-state index in [0.717, 1.165) is 0 Å². The zero-order valence-electron chi connectivity index (χ0n) is 17.1. The number of para-hydroxylation sites is 1. The molecule has 2 amide bonds. The van der Waals surface area contributed by atoms with E-state index in [2.05, 4.69) is 34.5 Å². The smallest absolute Gasteiger partial charge is 0.313 e. The molecule has 3 aromatic carbocycles. The maximum Gasteiger partial charge on any atom is 0.313 e. The van der Waals surface area contributed by atoms with Gasteiger partial charge in [0.25, 0.3) is 0 Å². The van der Waals surface area contributed by atoms with E-state index in [0.29, 0.717) is 26.2 Å². The molecule has 1 heterocycles. The maximum absolute atomic E-state index is 13.8. The van der Waals surface area contributed by atoms with E-state index in [1.165, 1.54) is 34.2 Å². The Morgan fingerprint density at radius 3 is 1.81 bits per heavy atom. The van der Waals surface area contributed by atoms with Crippen molar-refractivity contribution < 1.29 is 14.0 Å². The molecule has 1 N–H and O–H groups in total. The Morgan fingerprint density at radius 1 is 0.742 bits per heavy atom. The molecule has 31 heavy (non-hydrogen) atoms. The van der Waals surface area contributed by atoms with Crippen LogP contribution >= 0.6 is 0 Å². The van der Waals surface area contributed by atoms with Crippen LogP contribution < -0.4 is 5.32 Å². The second-order valence-corrected chi connectivity index (χ2v) is 7.49. The molecule has 5 nitrogen and oxygen atoms in total. The van der Waals surface area contributed by atoms with Gasteiger partial charge in [-0.1, -0.05) is 72.8 Å². The molecule has 1 saturated heterocycles. The fraction of sp³-hybridized carbons (Fsp3) is 0.200. The Morgan fingerprint density at radius 2 is 1.26 bits per heavy atom. The predicted molar refractivity (Wildman–Crippen MR) is 118 cm³/mol. The van der Waals surface area contributed by atoms with Gasteiger partial charge in [0.1, 0.15) is 5.82 Å². The van der Waals surface area contributed by atoms with Crippen LogP contribution in [0.3, 0.4) is 0 Å². The fourth-order valence-electron chi connectivity index (χ4n) is 3.95. The molecule has 1 aliphatic rings. The van der Waals surface area contributed by atoms with Gasteiger partial charge in [-0.25, -0.2) is 4.39 Å². The second kappa shape index (κ2) is 9.53. The first kappa shape index (κ1) is 20.8. The molecule has 3 aromatic rings. The van der Waals surface area contributed by atoms with Crippen LogP contribution in [0.4, 0.5) is 10.1 Å². The first-order valence-corrected chi connectivity index (χ1v) is 10.3. The molecule has 0 aromatic heterocycles. The van der Waals surface area contributed by atoms with Gasteiger partial charge in [-0.2, -0.15) is 0 Å². The van der Waals surface area contributed by atoms with Crippen molar-refractivity contribution in [2.45, 2.75) is 6.04 Å². The topological polar surface area (TPSA) is 52.7 Å². The Bertz CT molecular complexity index is 995. The van der Waals surface area contributed by atoms with Crippen molar-refractivity contribution in [1.29, 1.82) is 0 Å². The molecular weight excluding hydrogens is 393 g/mol. The average molecular weight is 417 g/mol. The molecular formula is C25H24FN3O2. The third kappa shape index (κ3) is 4.81. The van der Waals surface area contributed by atoms with E-state index in [9.17, 15) is 14.0 Å². The molecule has 0 radical (unpaired) electrons. The molecule has 4 rings (SSSR count). The van der Waals surface area contributed by atoms with Gasteiger partial charge in [-0.3, -0.25) is 14.5 Å². The largest absolute Gasteiger partial charge is 0.332 e. The van der Waals surface area contributed by atoms with Gasteiger partial charge in [0.15, 0.2) is 0 Å². The van der Waals surface area contributed by atoms with Crippen molar-refractivity contribution >= 4 is 17.5 Å². The number of rotatable bonds is 4. The fourth-order valence-corrected chi connectivity index (χ4v) is 3.95. The minimum Gasteiger partial charge on any atom is -0.332 e. The lowest BCUT2D eigenvalue weighted by Gasteiger charge is -2.39. The predicted octanol–water partition coefficient (Wildman–Crippen LogP) is 3.70. The summed E-state index contributed by atoms with van der Waals surface area (Å²) in [5.74, 6) is -2.03. The summed E-state index contributed by atoms with van der Waals surface area (Å²) < 4.78 is 13.8. The molecule has 0 spiro atoms. The Balaban J connectivity index is 1.43. The van der Waals surface area contributed by atoms with Crippen LogP contribution in [-0.4, -0.2) is 47.8 Å². The Hall–Kier alpha value is -3.51. The first-order valence-electron chi connectivity index (χ1n) is 10.3. The van der Waals surface area contributed by atoms with E-state index in [-0.39, 0.29) is 11.7 Å². The average Bonchev–Trinajstić information content (AvgIpc) is 2.82. The molecule has 6 heteroatoms. The molecule has 0 saturated carbocycles. The van der Waals surface area contributed by atoms with Crippen molar-refractivity contribution in [3.8, 4) is 0 Å². The lowest BCUT2D eigenvalue weighted by molar-refractivity contribution is -0.144. The summed E-state index contributed by atoms with van der Waals surface area (Å²) in [6.45, 7) is 2.12. The zero-order chi connectivity index (χ0) is 21.6. The van der Waals surface area contributed by atoms with Crippen molar-refractivity contribution in [2.24, 2.45) is 0 Å². The highest BCUT2D eigenvalue weighted by atomic mass is 19.1. The third-order valence-corrected chi connectivity index (χ3v) is 5.51. The Labute approximate surface area is 181 Å². The highest BCUT2D eigenvalue weighted by Gasteiger charge is 2.30. The summed E-state index contributed by atoms with van der Waals surface area (Å²) in [6.07, 6.45) is 0. The van der Waals surface area contributed by atoms with Crippen LogP contribution in [0.15, 0.2) is 84.9 Å². The van der Waals surface area contributed by atoms with Crippen LogP contribution in [-0.2, 0) is 9.59 Å². The summed E-state index contributed by atoms with van der Waals surface area (Å²) in [5, 5.41) is 2.37. The second-order valence-electron chi connectivity index (χ2n) is 7.49. The highest BCUT2D eigenvalue weighted by molar-refractivity contribution is 6.39. The number of piperazine rings is 1. The monoisotopic (exact) mass is 417 g/mol. The van der Waals surface area contributed by atoms with Gasteiger partial charge in [0.05, 0.1) is 11.7 Å². The molecule has 0 bridgehead atoms. The van der Waals surface area contributed by atoms with Gasteiger partial charge in [-0.05, 0) is 23.3 Å². The van der Waals surface area contributed by atoms with Gasteiger partial charge in [0, 0.05) is 26.2 Å². The number of carbonyl (C=O) groups excluding carboxylic acids is 2. The van der Waals surface area contributed by atoms with Crippen molar-refractivity contribution in [3.05, 3.63) is 102 Å². The summed E-state index contributed by atoms with van der Waals surface area (Å²) >= 11 is 0. The van der Waals surface area contributed by atoms with Gasteiger partial charge in [0.2, 0.25) is 0 Å². The van der Waals surface area contributed by atoms with Gasteiger partial charge in [-0.15, -0.1) is 0 Å². The molecule has 1 fully saturated rings. The summed E-state index contributed by atoms with van der Waals surface area (Å²) in [6, 6.07) is 26.4. The third-order valence-electron chi connectivity index (χ3n) is 5.51. The first-order chi connectivity index (χ1) is 15.1. The van der Waals surface area contributed by atoms with E-state index >= 15 is 0 Å². The van der Waals surface area contributed by atoms with Crippen LogP contribution in [0.25, 0.3) is 0 Å². The summed E-state index contributed by atoms with van der Waals surface area (Å²) in [7, 11) is 0. The quantitative estimate of drug-likeness (QED) is 0.659. The highest BCUT2D eigenvalue weighted by Crippen LogP contribution is 2.29. The number of benzene rings is 3. The van der Waals surface area contributed by atoms with Gasteiger partial charge < -0.3 is 10.2 Å². The number of anilines is 1. The van der Waals surface area contributed by atoms with Crippen molar-refractivity contribution in [3.63, 3.8) is 0 Å². The number of hydrogen-bond acceptors (Lipinski definition) is 3. The Kier molecular flexibility index (Phi) is 6.38. The summed E-state index contributed by atoms with van der Waals surface area (Å²) in [5.41, 5.74) is 2.38. The van der Waals surface area contributed by atoms with E-state index in [1.54, 1.807) is 6.07 Å². The number of nitrogens with zero attached hydrogens (tertiary/aromatic N) is 2. The standard InChI is InChI=1S/C25H24FN3O2/c26-21-13-7-8-14-22(21)27-24(30)25(31)29-17-15-28(16-18-29)23(19-9-3-1-4-10-19)20-11-5-2-6-12-20/h1-14,23H,15-18H2,(H,27,30). The number of halogens is 1. The van der Waals surface area contributed by atoms with Gasteiger partial charge >= 0.3 is 11.8 Å². The minimum absolute atomic E-state index is 0.00713. The van der Waals surface area contributed by atoms with Crippen molar-refractivity contribution in [2.75, 3.05) is 31.5 Å². The maximum atomic E-state index is 13.8. The molecule has 0 aliphatic carbocycles. The normalized spacial score (nSPS) is 14.5. The lowest BCUT2D eigenvalue weighted by Crippen LogP contribution is -2.52. The molecule has 0 unspecified atom stereocenters. The number of nitrogens with one attached hydrogen (secondary N) is 1. The van der Waals surface area contributed by atoms with E-state index in [1.807, 2.05) is 36.4 Å². The molecule has 158 valence electrons. The van der Waals surface area contributed by atoms with E-state index in [4.69, 9.17) is 0 Å². The summed E-state index contributed by atoms with van der Waals surface area (Å²) in [4.78, 5) is 28.8. The van der Waals surface area contributed by atoms with Crippen LogP contribution in [0.5, 0.6) is 0 Å². The van der Waals surface area contributed by atoms with Crippen LogP contribution in [0.2, 0.25) is 0 Å². The van der Waals surface area contributed by atoms with Crippen molar-refractivity contribution in [1.82, 2.24) is 9.80 Å². The molecule has 0 atom stereocenters. The number of carbonyl (C=O) groups is 2. The lowest BCUT2D eigenvalue weighted by atomic mass is 9.96. The number of hydrogen-bond donors (Lipinski definition) is 1. The molecule has 1 aliphatic heterocycles. The minimum atomic E-state index is -0.818. The number of amides is 2. The van der Waals surface area contributed by atoms with Crippen LogP contribution in [0.1, 0.15) is 17.2 Å². The SMILES string of the molecule is O=C(Nc1ccccc1F)C(=O)N1CCN(C(c2ccccc2)c2ccccc2)CC1. The van der Waals surface area contributed by atoms with E-state index < -0.39 is 17.6 Å². The van der Waals surface area contributed by atoms with Crippen LogP contribution in [0, 0.1) is 5.82 Å².